The number of amides is 1. The number of thioether (sulfide) groups is 1. The third-order valence-corrected chi connectivity index (χ3v) is 4.97. The fraction of sp³-hybridized carbons (Fsp3) is 0.611. The summed E-state index contributed by atoms with van der Waals surface area (Å²) < 4.78 is 5.44. The second-order valence-corrected chi connectivity index (χ2v) is 7.39. The van der Waals surface area contributed by atoms with Crippen molar-refractivity contribution in [2.24, 2.45) is 5.92 Å². The Balaban J connectivity index is 1.76. The minimum Gasteiger partial charge on any atom is -0.379 e. The standard InChI is InChI=1S/C18H28N2O2S/c1-15(2)12-16(20-8-10-22-11-9-20)13-19-18(21)14-23-17-6-4-3-5-7-17/h3-7,15-16H,8-14H2,1-2H3,(H,19,21). The van der Waals surface area contributed by atoms with E-state index in [0.717, 1.165) is 44.2 Å². The lowest BCUT2D eigenvalue weighted by atomic mass is 10.0. The van der Waals surface area contributed by atoms with Gasteiger partial charge in [-0.25, -0.2) is 0 Å². The minimum absolute atomic E-state index is 0.112. The number of hydrogen-bond acceptors (Lipinski definition) is 4. The van der Waals surface area contributed by atoms with Crippen LogP contribution in [0.5, 0.6) is 0 Å². The summed E-state index contributed by atoms with van der Waals surface area (Å²) in [5.41, 5.74) is 0. The first-order chi connectivity index (χ1) is 11.1. The van der Waals surface area contributed by atoms with Gasteiger partial charge in [-0.05, 0) is 24.5 Å². The van der Waals surface area contributed by atoms with Crippen LogP contribution in [0.4, 0.5) is 0 Å². The third-order valence-electron chi connectivity index (χ3n) is 3.95. The van der Waals surface area contributed by atoms with E-state index in [4.69, 9.17) is 4.74 Å². The Morgan fingerprint density at radius 2 is 1.96 bits per heavy atom. The van der Waals surface area contributed by atoms with Gasteiger partial charge in [0.05, 0.1) is 19.0 Å². The second-order valence-electron chi connectivity index (χ2n) is 6.34. The minimum atomic E-state index is 0.112. The van der Waals surface area contributed by atoms with Gasteiger partial charge in [-0.15, -0.1) is 11.8 Å². The van der Waals surface area contributed by atoms with Crippen LogP contribution >= 0.6 is 11.8 Å². The van der Waals surface area contributed by atoms with E-state index in [-0.39, 0.29) is 5.91 Å². The normalized spacial score (nSPS) is 17.2. The van der Waals surface area contributed by atoms with Crippen LogP contribution in [0.25, 0.3) is 0 Å². The van der Waals surface area contributed by atoms with E-state index in [1.807, 2.05) is 30.3 Å². The molecule has 1 N–H and O–H groups in total. The lowest BCUT2D eigenvalue weighted by Crippen LogP contribution is -2.49. The lowest BCUT2D eigenvalue weighted by Gasteiger charge is -2.35. The molecule has 1 aliphatic rings. The summed E-state index contributed by atoms with van der Waals surface area (Å²) in [6, 6.07) is 10.5. The summed E-state index contributed by atoms with van der Waals surface area (Å²) >= 11 is 1.58. The van der Waals surface area contributed by atoms with Crippen LogP contribution < -0.4 is 5.32 Å². The van der Waals surface area contributed by atoms with Crippen molar-refractivity contribution in [3.63, 3.8) is 0 Å². The molecule has 1 saturated heterocycles. The molecule has 1 aromatic rings. The maximum absolute atomic E-state index is 12.1. The monoisotopic (exact) mass is 336 g/mol. The van der Waals surface area contributed by atoms with Crippen LogP contribution in [-0.2, 0) is 9.53 Å². The molecule has 1 aromatic carbocycles. The molecule has 1 heterocycles. The van der Waals surface area contributed by atoms with Crippen molar-refractivity contribution >= 4 is 17.7 Å². The number of benzene rings is 1. The van der Waals surface area contributed by atoms with E-state index in [9.17, 15) is 4.79 Å². The van der Waals surface area contributed by atoms with Crippen LogP contribution in [0.2, 0.25) is 0 Å². The highest BCUT2D eigenvalue weighted by atomic mass is 32.2. The highest BCUT2D eigenvalue weighted by Gasteiger charge is 2.22. The summed E-state index contributed by atoms with van der Waals surface area (Å²) in [5.74, 6) is 1.21. The molecule has 0 bridgehead atoms. The van der Waals surface area contributed by atoms with Gasteiger partial charge in [-0.2, -0.15) is 0 Å². The molecule has 1 amide bonds. The Labute approximate surface area is 144 Å². The van der Waals surface area contributed by atoms with Crippen molar-refractivity contribution in [1.82, 2.24) is 10.2 Å². The fourth-order valence-corrected chi connectivity index (χ4v) is 3.55. The number of morpholine rings is 1. The van der Waals surface area contributed by atoms with Gasteiger partial charge in [-0.3, -0.25) is 9.69 Å². The van der Waals surface area contributed by atoms with E-state index < -0.39 is 0 Å². The number of carbonyl (C=O) groups is 1. The third kappa shape index (κ3) is 6.94. The highest BCUT2D eigenvalue weighted by Crippen LogP contribution is 2.17. The first-order valence-corrected chi connectivity index (χ1v) is 9.40. The molecule has 0 radical (unpaired) electrons. The molecular formula is C18H28N2O2S. The molecule has 5 heteroatoms. The van der Waals surface area contributed by atoms with E-state index in [0.29, 0.717) is 17.7 Å². The molecule has 1 fully saturated rings. The number of carbonyl (C=O) groups excluding carboxylic acids is 1. The molecular weight excluding hydrogens is 308 g/mol. The summed E-state index contributed by atoms with van der Waals surface area (Å²) in [6.45, 7) is 8.73. The molecule has 0 aromatic heterocycles. The zero-order chi connectivity index (χ0) is 16.5. The topological polar surface area (TPSA) is 41.6 Å². The van der Waals surface area contributed by atoms with Crippen molar-refractivity contribution in [3.8, 4) is 0 Å². The summed E-state index contributed by atoms with van der Waals surface area (Å²) in [4.78, 5) is 15.7. The molecule has 0 saturated carbocycles. The molecule has 2 rings (SSSR count). The summed E-state index contributed by atoms with van der Waals surface area (Å²) in [5, 5.41) is 3.11. The van der Waals surface area contributed by atoms with Crippen molar-refractivity contribution in [2.45, 2.75) is 31.2 Å². The molecule has 1 aliphatic heterocycles. The van der Waals surface area contributed by atoms with E-state index in [2.05, 4.69) is 24.1 Å². The maximum atomic E-state index is 12.1. The van der Waals surface area contributed by atoms with E-state index >= 15 is 0 Å². The molecule has 128 valence electrons. The number of rotatable bonds is 8. The first-order valence-electron chi connectivity index (χ1n) is 8.41. The van der Waals surface area contributed by atoms with Gasteiger partial charge in [0.2, 0.25) is 5.91 Å². The average molecular weight is 337 g/mol. The van der Waals surface area contributed by atoms with Gasteiger partial charge >= 0.3 is 0 Å². The van der Waals surface area contributed by atoms with Crippen LogP contribution in [0, 0.1) is 5.92 Å². The fourth-order valence-electron chi connectivity index (χ4n) is 2.80. The van der Waals surface area contributed by atoms with Crippen LogP contribution in [-0.4, -0.2) is 55.4 Å². The molecule has 1 atom stereocenters. The van der Waals surface area contributed by atoms with Crippen molar-refractivity contribution in [3.05, 3.63) is 30.3 Å². The quantitative estimate of drug-likeness (QED) is 0.741. The predicted octanol–water partition coefficient (Wildman–Crippen LogP) is 2.64. The second kappa shape index (κ2) is 9.96. The number of nitrogens with one attached hydrogen (secondary N) is 1. The summed E-state index contributed by atoms with van der Waals surface area (Å²) in [7, 11) is 0. The van der Waals surface area contributed by atoms with E-state index in [1.54, 1.807) is 11.8 Å². The van der Waals surface area contributed by atoms with Gasteiger partial charge in [0.15, 0.2) is 0 Å². The Kier molecular flexibility index (Phi) is 7.92. The van der Waals surface area contributed by atoms with E-state index in [1.165, 1.54) is 0 Å². The number of ether oxygens (including phenoxy) is 1. The zero-order valence-corrected chi connectivity index (χ0v) is 15.0. The van der Waals surface area contributed by atoms with Crippen LogP contribution in [0.15, 0.2) is 35.2 Å². The maximum Gasteiger partial charge on any atom is 0.230 e. The molecule has 23 heavy (non-hydrogen) atoms. The largest absolute Gasteiger partial charge is 0.379 e. The van der Waals surface area contributed by atoms with Gasteiger partial charge in [0.25, 0.3) is 0 Å². The van der Waals surface area contributed by atoms with Crippen LogP contribution in [0.3, 0.4) is 0 Å². The SMILES string of the molecule is CC(C)CC(CNC(=O)CSc1ccccc1)N1CCOCC1. The first kappa shape index (κ1) is 18.3. The highest BCUT2D eigenvalue weighted by molar-refractivity contribution is 8.00. The number of hydrogen-bond donors (Lipinski definition) is 1. The predicted molar refractivity (Wildman–Crippen MR) is 95.8 cm³/mol. The smallest absolute Gasteiger partial charge is 0.230 e. The Bertz CT molecular complexity index is 461. The van der Waals surface area contributed by atoms with Crippen LogP contribution in [0.1, 0.15) is 20.3 Å². The lowest BCUT2D eigenvalue weighted by molar-refractivity contribution is -0.118. The van der Waals surface area contributed by atoms with Crippen molar-refractivity contribution in [2.75, 3.05) is 38.6 Å². The summed E-state index contributed by atoms with van der Waals surface area (Å²) in [6.07, 6.45) is 1.10. The van der Waals surface area contributed by atoms with Gasteiger partial charge in [-0.1, -0.05) is 32.0 Å². The van der Waals surface area contributed by atoms with Crippen molar-refractivity contribution < 1.29 is 9.53 Å². The van der Waals surface area contributed by atoms with Gasteiger partial charge in [0, 0.05) is 30.6 Å². The Morgan fingerprint density at radius 3 is 2.61 bits per heavy atom. The average Bonchev–Trinajstić information content (AvgIpc) is 2.58. The molecule has 1 unspecified atom stereocenters. The Hall–Kier alpha value is -1.04. The Morgan fingerprint density at radius 1 is 1.26 bits per heavy atom. The molecule has 0 spiro atoms. The number of nitrogens with zero attached hydrogens (tertiary/aromatic N) is 1. The van der Waals surface area contributed by atoms with Gasteiger partial charge in [0.1, 0.15) is 0 Å². The van der Waals surface area contributed by atoms with Gasteiger partial charge < -0.3 is 10.1 Å². The van der Waals surface area contributed by atoms with Crippen molar-refractivity contribution in [1.29, 1.82) is 0 Å². The zero-order valence-electron chi connectivity index (χ0n) is 14.2. The molecule has 0 aliphatic carbocycles. The molecule has 4 nitrogen and oxygen atoms in total.